The first-order valence-corrected chi connectivity index (χ1v) is 10.5. The number of aromatic amines is 1. The third-order valence-electron chi connectivity index (χ3n) is 5.64. The Morgan fingerprint density at radius 3 is 2.71 bits per heavy atom. The van der Waals surface area contributed by atoms with Crippen molar-refractivity contribution in [3.05, 3.63) is 80.5 Å². The van der Waals surface area contributed by atoms with E-state index in [-0.39, 0.29) is 5.56 Å². The maximum Gasteiger partial charge on any atom is 0.264 e. The lowest BCUT2D eigenvalue weighted by atomic mass is 10.0. The number of methoxy groups -OCH3 is 1. The number of H-pyrrole nitrogens is 1. The molecule has 0 radical (unpaired) electrons. The molecular formula is C23H21N5O2S. The lowest BCUT2D eigenvalue weighted by Gasteiger charge is -2.29. The van der Waals surface area contributed by atoms with Gasteiger partial charge in [0.25, 0.3) is 5.56 Å². The molecule has 31 heavy (non-hydrogen) atoms. The first kappa shape index (κ1) is 19.4. The molecule has 0 unspecified atom stereocenters. The number of aromatic nitrogens is 4. The zero-order valence-electron chi connectivity index (χ0n) is 17.3. The Morgan fingerprint density at radius 1 is 1.10 bits per heavy atom. The maximum absolute atomic E-state index is 13.1. The summed E-state index contributed by atoms with van der Waals surface area (Å²) in [6, 6.07) is 15.8. The Morgan fingerprint density at radius 2 is 1.90 bits per heavy atom. The Balaban J connectivity index is 1.62. The zero-order chi connectivity index (χ0) is 21.5. The number of anilines is 1. The molecule has 3 heterocycles. The van der Waals surface area contributed by atoms with Crippen LogP contribution in [0, 0.1) is 11.6 Å². The zero-order valence-corrected chi connectivity index (χ0v) is 18.1. The molecule has 7 nitrogen and oxygen atoms in total. The smallest absolute Gasteiger partial charge is 0.264 e. The van der Waals surface area contributed by atoms with Gasteiger partial charge in [0.05, 0.1) is 12.8 Å². The second-order valence-corrected chi connectivity index (χ2v) is 7.92. The van der Waals surface area contributed by atoms with E-state index in [1.807, 2.05) is 37.3 Å². The predicted molar refractivity (Wildman–Crippen MR) is 123 cm³/mol. The molecular weight excluding hydrogens is 410 g/mol. The van der Waals surface area contributed by atoms with E-state index in [9.17, 15) is 4.79 Å². The lowest BCUT2D eigenvalue weighted by molar-refractivity contribution is 0.414. The van der Waals surface area contributed by atoms with Gasteiger partial charge >= 0.3 is 0 Å². The minimum atomic E-state index is -0.284. The first-order valence-electron chi connectivity index (χ1n) is 10.0. The minimum absolute atomic E-state index is 0.284. The van der Waals surface area contributed by atoms with Gasteiger partial charge in [-0.25, -0.2) is 4.98 Å². The molecule has 5 rings (SSSR count). The van der Waals surface area contributed by atoms with Crippen LogP contribution in [0.1, 0.15) is 17.0 Å². The fourth-order valence-electron chi connectivity index (χ4n) is 4.07. The largest absolute Gasteiger partial charge is 0.497 e. The van der Waals surface area contributed by atoms with Gasteiger partial charge < -0.3 is 9.64 Å². The number of ether oxygens (including phenoxy) is 1. The SMILES string of the molecule is COc1cccc(-n2c(C)nc3nc(N4CCc5ccccc5C4)[nH]c(=O)c3c2=S)c1. The number of hydrogen-bond acceptors (Lipinski definition) is 6. The summed E-state index contributed by atoms with van der Waals surface area (Å²) in [6.07, 6.45) is 0.904. The second kappa shape index (κ2) is 7.63. The van der Waals surface area contributed by atoms with Gasteiger partial charge in [-0.2, -0.15) is 4.98 Å². The van der Waals surface area contributed by atoms with E-state index >= 15 is 0 Å². The topological polar surface area (TPSA) is 76.0 Å². The molecule has 2 aromatic heterocycles. The van der Waals surface area contributed by atoms with Crippen LogP contribution in [0.2, 0.25) is 0 Å². The Bertz CT molecular complexity index is 1430. The molecule has 4 aromatic rings. The summed E-state index contributed by atoms with van der Waals surface area (Å²) in [6.45, 7) is 3.33. The fourth-order valence-corrected chi connectivity index (χ4v) is 4.49. The number of rotatable bonds is 3. The van der Waals surface area contributed by atoms with Crippen molar-refractivity contribution in [3.8, 4) is 11.4 Å². The number of fused-ring (bicyclic) bond motifs is 2. The Hall–Kier alpha value is -3.52. The van der Waals surface area contributed by atoms with Gasteiger partial charge in [0.2, 0.25) is 5.95 Å². The van der Waals surface area contributed by atoms with E-state index < -0.39 is 0 Å². The molecule has 2 aromatic carbocycles. The van der Waals surface area contributed by atoms with Crippen molar-refractivity contribution >= 4 is 29.2 Å². The third kappa shape index (κ3) is 3.38. The predicted octanol–water partition coefficient (Wildman–Crippen LogP) is 3.72. The van der Waals surface area contributed by atoms with Gasteiger partial charge in [0.1, 0.15) is 21.6 Å². The average Bonchev–Trinajstić information content (AvgIpc) is 2.78. The first-order chi connectivity index (χ1) is 15.0. The summed E-state index contributed by atoms with van der Waals surface area (Å²) in [5.41, 5.74) is 3.44. The quantitative estimate of drug-likeness (QED) is 0.499. The highest BCUT2D eigenvalue weighted by Crippen LogP contribution is 2.24. The van der Waals surface area contributed by atoms with E-state index in [0.717, 1.165) is 18.7 Å². The van der Waals surface area contributed by atoms with Crippen molar-refractivity contribution < 1.29 is 4.74 Å². The molecule has 156 valence electrons. The molecule has 0 atom stereocenters. The molecule has 0 fully saturated rings. The summed E-state index contributed by atoms with van der Waals surface area (Å²) >= 11 is 5.69. The standard InChI is InChI=1S/C23H21N5O2S/c1-14-24-20-19(22(31)28(14)17-8-5-9-18(12-17)30-2)21(29)26-23(25-20)27-11-10-15-6-3-4-7-16(15)13-27/h3-9,12H,10-11,13H2,1-2H3,(H,25,26,29). The van der Waals surface area contributed by atoms with Crippen LogP contribution in [0.3, 0.4) is 0 Å². The van der Waals surface area contributed by atoms with E-state index in [4.69, 9.17) is 17.0 Å². The van der Waals surface area contributed by atoms with Crippen LogP contribution in [0.5, 0.6) is 5.75 Å². The van der Waals surface area contributed by atoms with Gasteiger partial charge in [0.15, 0.2) is 5.65 Å². The number of aryl methyl sites for hydroxylation is 1. The highest BCUT2D eigenvalue weighted by Gasteiger charge is 2.20. The van der Waals surface area contributed by atoms with Crippen molar-refractivity contribution in [2.45, 2.75) is 19.9 Å². The van der Waals surface area contributed by atoms with E-state index in [1.54, 1.807) is 11.7 Å². The molecule has 1 aliphatic heterocycles. The highest BCUT2D eigenvalue weighted by molar-refractivity contribution is 7.71. The highest BCUT2D eigenvalue weighted by atomic mass is 32.1. The summed E-state index contributed by atoms with van der Waals surface area (Å²) < 4.78 is 7.47. The van der Waals surface area contributed by atoms with Gasteiger partial charge in [-0.15, -0.1) is 0 Å². The van der Waals surface area contributed by atoms with Crippen LogP contribution in [0.25, 0.3) is 16.7 Å². The van der Waals surface area contributed by atoms with Gasteiger partial charge in [-0.3, -0.25) is 14.3 Å². The second-order valence-electron chi connectivity index (χ2n) is 7.53. The van der Waals surface area contributed by atoms with E-state index in [1.165, 1.54) is 11.1 Å². The fraction of sp³-hybridized carbons (Fsp3) is 0.217. The average molecular weight is 432 g/mol. The molecule has 0 bridgehead atoms. The Kier molecular flexibility index (Phi) is 4.78. The van der Waals surface area contributed by atoms with Gasteiger partial charge in [-0.05, 0) is 36.6 Å². The summed E-state index contributed by atoms with van der Waals surface area (Å²) in [4.78, 5) is 27.4. The summed E-state index contributed by atoms with van der Waals surface area (Å²) in [5.74, 6) is 1.87. The van der Waals surface area contributed by atoms with Crippen molar-refractivity contribution in [2.75, 3.05) is 18.6 Å². The third-order valence-corrected chi connectivity index (χ3v) is 6.02. The molecule has 0 saturated heterocycles. The Labute approximate surface area is 184 Å². The molecule has 8 heteroatoms. The monoisotopic (exact) mass is 431 g/mol. The van der Waals surface area contributed by atoms with Crippen LogP contribution >= 0.6 is 12.2 Å². The molecule has 1 N–H and O–H groups in total. The van der Waals surface area contributed by atoms with Crippen molar-refractivity contribution in [1.82, 2.24) is 19.5 Å². The lowest BCUT2D eigenvalue weighted by Crippen LogP contribution is -2.33. The van der Waals surface area contributed by atoms with E-state index in [0.29, 0.717) is 39.7 Å². The van der Waals surface area contributed by atoms with Crippen molar-refractivity contribution in [3.63, 3.8) is 0 Å². The molecule has 0 spiro atoms. The molecule has 0 saturated carbocycles. The molecule has 0 aliphatic carbocycles. The normalized spacial score (nSPS) is 13.3. The van der Waals surface area contributed by atoms with Gasteiger partial charge in [0, 0.05) is 19.2 Å². The summed E-state index contributed by atoms with van der Waals surface area (Å²) in [5, 5.41) is 0.310. The number of benzene rings is 2. The van der Waals surface area contributed by atoms with Gasteiger partial charge in [-0.1, -0.05) is 42.5 Å². The number of nitrogens with zero attached hydrogens (tertiary/aromatic N) is 4. The number of hydrogen-bond donors (Lipinski definition) is 1. The van der Waals surface area contributed by atoms with E-state index in [2.05, 4.69) is 38.1 Å². The van der Waals surface area contributed by atoms with Crippen LogP contribution in [0.15, 0.2) is 53.3 Å². The van der Waals surface area contributed by atoms with Crippen LogP contribution in [0.4, 0.5) is 5.95 Å². The summed E-state index contributed by atoms with van der Waals surface area (Å²) in [7, 11) is 1.61. The van der Waals surface area contributed by atoms with Crippen molar-refractivity contribution in [1.29, 1.82) is 0 Å². The maximum atomic E-state index is 13.1. The molecule has 0 amide bonds. The van der Waals surface area contributed by atoms with Crippen LogP contribution < -0.4 is 15.2 Å². The van der Waals surface area contributed by atoms with Crippen molar-refractivity contribution in [2.24, 2.45) is 0 Å². The molecule has 1 aliphatic rings. The van der Waals surface area contributed by atoms with Crippen LogP contribution in [-0.4, -0.2) is 33.2 Å². The van der Waals surface area contributed by atoms with Crippen LogP contribution in [-0.2, 0) is 13.0 Å². The minimum Gasteiger partial charge on any atom is -0.497 e. The number of nitrogens with one attached hydrogen (secondary N) is 1.